The standard InChI is InChI=1S/C48H62N10O9S/c1-31-38-30-50-47(54-44(38)58(35-9-5-6-10-35)46(63)43(31)33(3)59)53-40-14-13-36(29-49-40)56-17-19-57(20-18-56)42(61)16-22-65-24-26-67-28-27-66-25-23-64-21-15-41(60)52-39-12-8-7-11-37(39)45(62)55-48-51-32(2)34(4)68-48/h7-8,11-14,29-30,35,46,63H,5-6,9-10,15-28H2,1-4H3,(H,52,60)(H,51,55,62)(H,49,50,53,54). The fourth-order valence-corrected chi connectivity index (χ4v) is 9.21. The molecule has 1 saturated heterocycles. The Hall–Kier alpha value is -5.90. The van der Waals surface area contributed by atoms with Gasteiger partial charge in [-0.15, -0.1) is 11.3 Å². The molecule has 4 aromatic rings. The van der Waals surface area contributed by atoms with Crippen LogP contribution in [0.3, 0.4) is 0 Å². The molecule has 68 heavy (non-hydrogen) atoms. The molecule has 3 amide bonds. The third-order valence-corrected chi connectivity index (χ3v) is 13.2. The molecule has 1 atom stereocenters. The number of benzene rings is 1. The lowest BCUT2D eigenvalue weighted by molar-refractivity contribution is -0.132. The fourth-order valence-electron chi connectivity index (χ4n) is 8.40. The van der Waals surface area contributed by atoms with Crippen LogP contribution in [0.2, 0.25) is 0 Å². The number of ether oxygens (including phenoxy) is 4. The first-order chi connectivity index (χ1) is 33.0. The highest BCUT2D eigenvalue weighted by molar-refractivity contribution is 7.15. The van der Waals surface area contributed by atoms with E-state index < -0.39 is 6.23 Å². The summed E-state index contributed by atoms with van der Waals surface area (Å²) in [6.45, 7) is 12.4. The van der Waals surface area contributed by atoms with Gasteiger partial charge in [0.05, 0.1) is 94.5 Å². The van der Waals surface area contributed by atoms with Crippen LogP contribution in [0.15, 0.2) is 54.4 Å². The molecule has 19 nitrogen and oxygen atoms in total. The van der Waals surface area contributed by atoms with Crippen molar-refractivity contribution in [1.82, 2.24) is 24.8 Å². The lowest BCUT2D eigenvalue weighted by atomic mass is 9.93. The molecular weight excluding hydrogens is 893 g/mol. The number of aliphatic hydroxyl groups excluding tert-OH is 1. The molecule has 20 heteroatoms. The summed E-state index contributed by atoms with van der Waals surface area (Å²) in [7, 11) is 0. The first kappa shape index (κ1) is 50.0. The normalized spacial score (nSPS) is 16.2. The number of carbonyl (C=O) groups is 4. The zero-order valence-electron chi connectivity index (χ0n) is 39.3. The molecular formula is C48H62N10O9S. The predicted octanol–water partition coefficient (Wildman–Crippen LogP) is 5.52. The van der Waals surface area contributed by atoms with Gasteiger partial charge in [0.2, 0.25) is 17.8 Å². The molecule has 2 aliphatic heterocycles. The van der Waals surface area contributed by atoms with Gasteiger partial charge < -0.3 is 49.4 Å². The highest BCUT2D eigenvalue weighted by atomic mass is 32.1. The average Bonchev–Trinajstić information content (AvgIpc) is 3.97. The molecule has 1 aromatic carbocycles. The molecule has 3 aromatic heterocycles. The number of allylic oxidation sites excluding steroid dienone is 1. The van der Waals surface area contributed by atoms with Crippen molar-refractivity contribution >= 4 is 74.5 Å². The van der Waals surface area contributed by atoms with E-state index in [4.69, 9.17) is 23.9 Å². The Balaban J connectivity index is 0.707. The Morgan fingerprint density at radius 3 is 2.07 bits per heavy atom. The second-order valence-corrected chi connectivity index (χ2v) is 18.0. The van der Waals surface area contributed by atoms with Gasteiger partial charge in [-0.25, -0.2) is 15.0 Å². The van der Waals surface area contributed by atoms with Gasteiger partial charge in [-0.2, -0.15) is 4.98 Å². The number of nitrogens with zero attached hydrogens (tertiary/aromatic N) is 7. The quantitative estimate of drug-likeness (QED) is 0.0673. The number of ketones is 1. The van der Waals surface area contributed by atoms with Crippen LogP contribution in [-0.4, -0.2) is 145 Å². The number of carbonyl (C=O) groups excluding carboxylic acids is 4. The van der Waals surface area contributed by atoms with Crippen molar-refractivity contribution in [3.8, 4) is 0 Å². The Morgan fingerprint density at radius 1 is 0.779 bits per heavy atom. The zero-order chi connectivity index (χ0) is 48.0. The second-order valence-electron chi connectivity index (χ2n) is 16.8. The fraction of sp³-hybridized carbons (Fsp3) is 0.500. The number of amides is 3. The van der Waals surface area contributed by atoms with E-state index in [1.807, 2.05) is 42.7 Å². The summed E-state index contributed by atoms with van der Waals surface area (Å²) in [6.07, 6.45) is 6.85. The number of rotatable bonds is 23. The SMILES string of the molecule is CC(=O)C1=C(C)c2cnc(Nc3ccc(N4CCN(C(=O)CCOCCOCCOCCOCCC(=O)Nc5ccccc5C(=O)Nc5nc(C)c(C)s5)CC4)cn3)nc2N(C2CCCC2)C1O. The number of fused-ring (bicyclic) bond motifs is 1. The van der Waals surface area contributed by atoms with Gasteiger partial charge in [0, 0.05) is 54.4 Å². The Labute approximate surface area is 400 Å². The smallest absolute Gasteiger partial charge is 0.259 e. The number of aryl methyl sites for hydroxylation is 2. The maximum atomic E-state index is 12.9. The summed E-state index contributed by atoms with van der Waals surface area (Å²) in [4.78, 5) is 76.1. The maximum absolute atomic E-state index is 12.9. The molecule has 2 fully saturated rings. The number of hydrogen-bond acceptors (Lipinski definition) is 17. The molecule has 0 spiro atoms. The number of piperazine rings is 1. The van der Waals surface area contributed by atoms with Crippen molar-refractivity contribution in [3.05, 3.63) is 76.1 Å². The number of aliphatic hydroxyl groups is 1. The number of Topliss-reactive ketones (excluding diaryl/α,β-unsaturated/α-hetero) is 1. The lowest BCUT2D eigenvalue weighted by Gasteiger charge is -2.40. The third kappa shape index (κ3) is 13.2. The molecule has 364 valence electrons. The minimum atomic E-state index is -1.05. The van der Waals surface area contributed by atoms with Gasteiger partial charge in [0.1, 0.15) is 11.6 Å². The van der Waals surface area contributed by atoms with Crippen LogP contribution < -0.4 is 25.8 Å². The molecule has 1 saturated carbocycles. The van der Waals surface area contributed by atoms with Crippen molar-refractivity contribution in [3.63, 3.8) is 0 Å². The molecule has 1 unspecified atom stereocenters. The number of aromatic nitrogens is 4. The van der Waals surface area contributed by atoms with Gasteiger partial charge in [-0.1, -0.05) is 25.0 Å². The largest absolute Gasteiger partial charge is 0.379 e. The van der Waals surface area contributed by atoms with E-state index in [0.717, 1.165) is 47.5 Å². The third-order valence-electron chi connectivity index (χ3n) is 12.2. The van der Waals surface area contributed by atoms with Gasteiger partial charge in [0.15, 0.2) is 17.1 Å². The monoisotopic (exact) mass is 954 g/mol. The van der Waals surface area contributed by atoms with E-state index in [0.29, 0.717) is 124 Å². The van der Waals surface area contributed by atoms with Gasteiger partial charge in [-0.05, 0) is 70.4 Å². The summed E-state index contributed by atoms with van der Waals surface area (Å²) in [5.41, 5.74) is 4.40. The van der Waals surface area contributed by atoms with Crippen molar-refractivity contribution in [2.75, 3.05) is 105 Å². The number of thiazole rings is 1. The Bertz CT molecular complexity index is 2380. The molecule has 1 aliphatic carbocycles. The molecule has 0 radical (unpaired) electrons. The van der Waals surface area contributed by atoms with Gasteiger partial charge in [-0.3, -0.25) is 24.5 Å². The highest BCUT2D eigenvalue weighted by Crippen LogP contribution is 2.41. The number of nitrogens with one attached hydrogen (secondary N) is 3. The van der Waals surface area contributed by atoms with Gasteiger partial charge in [0.25, 0.3) is 5.91 Å². The van der Waals surface area contributed by atoms with Crippen LogP contribution >= 0.6 is 11.3 Å². The maximum Gasteiger partial charge on any atom is 0.259 e. The molecule has 5 heterocycles. The van der Waals surface area contributed by atoms with E-state index in [-0.39, 0.29) is 42.6 Å². The van der Waals surface area contributed by atoms with Crippen molar-refractivity contribution < 1.29 is 43.2 Å². The van der Waals surface area contributed by atoms with Crippen LogP contribution in [0, 0.1) is 13.8 Å². The van der Waals surface area contributed by atoms with Crippen LogP contribution in [0.1, 0.15) is 78.9 Å². The Morgan fingerprint density at radius 2 is 1.44 bits per heavy atom. The minimum absolute atomic E-state index is 0.0506. The van der Waals surface area contributed by atoms with Crippen LogP contribution in [-0.2, 0) is 33.3 Å². The van der Waals surface area contributed by atoms with Crippen molar-refractivity contribution in [1.29, 1.82) is 0 Å². The van der Waals surface area contributed by atoms with E-state index in [1.54, 1.807) is 36.7 Å². The number of anilines is 6. The summed E-state index contributed by atoms with van der Waals surface area (Å²) in [6, 6.07) is 10.8. The van der Waals surface area contributed by atoms with E-state index >= 15 is 0 Å². The molecule has 4 N–H and O–H groups in total. The molecule has 0 bridgehead atoms. The highest BCUT2D eigenvalue weighted by Gasteiger charge is 2.39. The number of hydrogen-bond donors (Lipinski definition) is 4. The lowest BCUT2D eigenvalue weighted by Crippen LogP contribution is -2.49. The zero-order valence-corrected chi connectivity index (χ0v) is 40.1. The van der Waals surface area contributed by atoms with Gasteiger partial charge >= 0.3 is 0 Å². The summed E-state index contributed by atoms with van der Waals surface area (Å²) < 4.78 is 22.3. The topological polar surface area (TPSA) is 223 Å². The van der Waals surface area contributed by atoms with Crippen LogP contribution in [0.5, 0.6) is 0 Å². The summed E-state index contributed by atoms with van der Waals surface area (Å²) >= 11 is 1.40. The summed E-state index contributed by atoms with van der Waals surface area (Å²) in [5.74, 6) is 0.816. The van der Waals surface area contributed by atoms with Crippen LogP contribution in [0.4, 0.5) is 34.1 Å². The number of pyridine rings is 1. The Kier molecular flexibility index (Phi) is 17.9. The van der Waals surface area contributed by atoms with E-state index in [9.17, 15) is 24.3 Å². The molecule has 7 rings (SSSR count). The predicted molar refractivity (Wildman–Crippen MR) is 259 cm³/mol. The summed E-state index contributed by atoms with van der Waals surface area (Å²) in [5, 5.41) is 20.6. The second kappa shape index (κ2) is 24.4. The first-order valence-electron chi connectivity index (χ1n) is 23.2. The number of para-hydroxylation sites is 1. The van der Waals surface area contributed by atoms with Crippen molar-refractivity contribution in [2.24, 2.45) is 0 Å². The average molecular weight is 955 g/mol. The van der Waals surface area contributed by atoms with Crippen LogP contribution in [0.25, 0.3) is 5.57 Å². The van der Waals surface area contributed by atoms with Crippen molar-refractivity contribution in [2.45, 2.75) is 78.5 Å². The van der Waals surface area contributed by atoms with E-state index in [2.05, 4.69) is 35.8 Å². The molecule has 3 aliphatic rings. The minimum Gasteiger partial charge on any atom is -0.379 e. The first-order valence-corrected chi connectivity index (χ1v) is 24.0. The van der Waals surface area contributed by atoms with E-state index in [1.165, 1.54) is 18.3 Å².